The molecule has 4 fully saturated rings. The van der Waals surface area contributed by atoms with Crippen molar-refractivity contribution in [2.75, 3.05) is 25.1 Å². The Balaban J connectivity index is 0.000000193. The summed E-state index contributed by atoms with van der Waals surface area (Å²) in [6.45, 7) is 2.35. The van der Waals surface area contributed by atoms with Crippen molar-refractivity contribution in [3.63, 3.8) is 0 Å². The van der Waals surface area contributed by atoms with Gasteiger partial charge < -0.3 is 19.1 Å². The molecule has 320 valence electrons. The Morgan fingerprint density at radius 3 is 1.82 bits per heavy atom. The Morgan fingerprint density at radius 2 is 1.30 bits per heavy atom. The van der Waals surface area contributed by atoms with Crippen LogP contribution in [0.1, 0.15) is 44.3 Å². The number of ether oxygens (including phenoxy) is 3. The van der Waals surface area contributed by atoms with E-state index in [1.165, 1.54) is 41.1 Å². The predicted octanol–water partition coefficient (Wildman–Crippen LogP) is 10.1. The lowest BCUT2D eigenvalue weighted by Gasteiger charge is -2.38. The summed E-state index contributed by atoms with van der Waals surface area (Å²) >= 11 is 14.7. The fourth-order valence-corrected chi connectivity index (χ4v) is 9.14. The third-order valence-corrected chi connectivity index (χ3v) is 12.3. The van der Waals surface area contributed by atoms with Gasteiger partial charge in [0.25, 0.3) is 0 Å². The minimum atomic E-state index is -2.62. The van der Waals surface area contributed by atoms with Crippen LogP contribution in [0.5, 0.6) is 29.4 Å². The Kier molecular flexibility index (Phi) is 12.1. The maximum Gasteiger partial charge on any atom is 0.321 e. The number of nitrogens with zero attached hydrogens (tertiary/aromatic N) is 9. The summed E-state index contributed by atoms with van der Waals surface area (Å²) in [7, 11) is 1.58. The van der Waals surface area contributed by atoms with Crippen LogP contribution in [-0.2, 0) is 19.5 Å². The molecule has 3 aliphatic carbocycles. The molecule has 2 aromatic carbocycles. The number of hydrogen-bond acceptors (Lipinski definition) is 10. The van der Waals surface area contributed by atoms with Gasteiger partial charge in [0.2, 0.25) is 22.5 Å². The lowest BCUT2D eigenvalue weighted by molar-refractivity contribution is -0.115. The van der Waals surface area contributed by atoms with Crippen LogP contribution in [0.25, 0.3) is 0 Å². The van der Waals surface area contributed by atoms with Gasteiger partial charge in [-0.15, -0.1) is 10.2 Å². The zero-order valence-corrected chi connectivity index (χ0v) is 35.0. The van der Waals surface area contributed by atoms with Crippen molar-refractivity contribution >= 4 is 44.8 Å². The zero-order chi connectivity index (χ0) is 42.3. The van der Waals surface area contributed by atoms with E-state index in [0.29, 0.717) is 41.6 Å². The van der Waals surface area contributed by atoms with Crippen molar-refractivity contribution in [3.05, 3.63) is 80.9 Å². The molecule has 12 nitrogen and oxygen atoms in total. The number of aromatic nitrogens is 8. The Morgan fingerprint density at radius 1 is 0.767 bits per heavy atom. The largest absolute Gasteiger partial charge is 0.480 e. The quantitative estimate of drug-likeness (QED) is 0.112. The fraction of sp³-hybridized carbons (Fsp3) is 0.487. The normalized spacial score (nSPS) is 21.8. The van der Waals surface area contributed by atoms with E-state index in [1.54, 1.807) is 18.0 Å². The van der Waals surface area contributed by atoms with Crippen molar-refractivity contribution in [2.45, 2.75) is 69.9 Å². The van der Waals surface area contributed by atoms with E-state index in [-0.39, 0.29) is 83.2 Å². The van der Waals surface area contributed by atoms with Gasteiger partial charge in [-0.2, -0.15) is 20.2 Å². The summed E-state index contributed by atoms with van der Waals surface area (Å²) < 4.78 is 99.4. The number of anilines is 1. The molecule has 0 radical (unpaired) electrons. The van der Waals surface area contributed by atoms with Gasteiger partial charge in [-0.3, -0.25) is 0 Å². The van der Waals surface area contributed by atoms with E-state index in [0.717, 1.165) is 31.6 Å². The van der Waals surface area contributed by atoms with Crippen molar-refractivity contribution in [1.29, 1.82) is 0 Å². The van der Waals surface area contributed by atoms with Crippen molar-refractivity contribution in [2.24, 2.45) is 29.6 Å². The van der Waals surface area contributed by atoms with Crippen LogP contribution in [0.2, 0.25) is 10.0 Å². The maximum absolute atomic E-state index is 13.6. The van der Waals surface area contributed by atoms with E-state index < -0.39 is 23.5 Å². The topological polar surface area (TPSA) is 118 Å². The molecule has 2 bridgehead atoms. The average Bonchev–Trinajstić information content (AvgIpc) is 3.79. The molecule has 1 unspecified atom stereocenters. The number of halogens is 9. The Bertz CT molecular complexity index is 2310. The second-order valence-corrected chi connectivity index (χ2v) is 17.3. The zero-order valence-electron chi connectivity index (χ0n) is 31.9. The van der Waals surface area contributed by atoms with Crippen molar-refractivity contribution in [1.82, 2.24) is 39.7 Å². The van der Waals surface area contributed by atoms with Gasteiger partial charge in [-0.1, -0.05) is 23.2 Å². The predicted molar refractivity (Wildman–Crippen MR) is 210 cm³/mol. The third-order valence-electron chi connectivity index (χ3n) is 11.3. The molecule has 21 heteroatoms. The molecule has 60 heavy (non-hydrogen) atoms. The Hall–Kier alpha value is -4.36. The highest BCUT2D eigenvalue weighted by Crippen LogP contribution is 2.46. The summed E-state index contributed by atoms with van der Waals surface area (Å²) in [6.07, 6.45) is 3.98. The molecule has 1 aliphatic heterocycles. The Labute approximate surface area is 358 Å². The molecular formula is C39H38BrCl2F6N9O3. The summed E-state index contributed by atoms with van der Waals surface area (Å²) in [5.41, 5.74) is 1.00. The molecular weight excluding hydrogens is 907 g/mol. The first-order valence-corrected chi connectivity index (χ1v) is 20.8. The minimum Gasteiger partial charge on any atom is -0.480 e. The van der Waals surface area contributed by atoms with Gasteiger partial charge >= 0.3 is 12.0 Å². The molecule has 1 saturated heterocycles. The summed E-state index contributed by atoms with van der Waals surface area (Å²) in [6, 6.07) is 10.1. The first-order chi connectivity index (χ1) is 28.6. The van der Waals surface area contributed by atoms with Crippen LogP contribution < -0.4 is 19.1 Å². The molecule has 4 heterocycles. The van der Waals surface area contributed by atoms with Crippen LogP contribution >= 0.6 is 39.1 Å². The molecule has 9 rings (SSSR count). The van der Waals surface area contributed by atoms with Gasteiger partial charge in [0.1, 0.15) is 23.1 Å². The molecule has 0 N–H and O–H groups in total. The second-order valence-electron chi connectivity index (χ2n) is 15.8. The fourth-order valence-electron chi connectivity index (χ4n) is 8.46. The van der Waals surface area contributed by atoms with Crippen LogP contribution in [-0.4, -0.2) is 71.8 Å². The maximum atomic E-state index is 13.6. The highest BCUT2D eigenvalue weighted by molar-refractivity contribution is 9.10. The lowest BCUT2D eigenvalue weighted by Crippen LogP contribution is -2.43. The average molecular weight is 946 g/mol. The van der Waals surface area contributed by atoms with Crippen molar-refractivity contribution < 1.29 is 40.6 Å². The van der Waals surface area contributed by atoms with Crippen LogP contribution in [0.15, 0.2) is 53.4 Å². The monoisotopic (exact) mass is 943 g/mol. The van der Waals surface area contributed by atoms with E-state index in [1.807, 2.05) is 6.07 Å². The second kappa shape index (κ2) is 17.2. The lowest BCUT2D eigenvalue weighted by atomic mass is 9.81. The number of fused-ring (bicyclic) bond motifs is 2. The van der Waals surface area contributed by atoms with E-state index in [2.05, 4.69) is 51.2 Å². The number of hydrogen-bond donors (Lipinski definition) is 0. The molecule has 3 atom stereocenters. The SMILES string of the molecule is COc1cc(N2C[C@H]3CC[C@@H](C2)C3Cc2nc(Oc3ccc(F)c(Cl)c3)n(CC3CC(F)(F)C3)n2)cnn1.Fc1ccc(Oc2nc(Br)nn2CC2CC(F)(F)C2)cc1Cl. The highest BCUT2D eigenvalue weighted by atomic mass is 79.9. The van der Waals surface area contributed by atoms with E-state index >= 15 is 0 Å². The van der Waals surface area contributed by atoms with E-state index in [9.17, 15) is 26.3 Å². The number of alkyl halides is 4. The summed E-state index contributed by atoms with van der Waals surface area (Å²) in [5.74, 6) is -3.67. The molecule has 3 saturated carbocycles. The number of benzene rings is 2. The molecule has 0 amide bonds. The molecule has 3 aromatic heterocycles. The van der Waals surface area contributed by atoms with Crippen LogP contribution in [0.4, 0.5) is 32.0 Å². The van der Waals surface area contributed by atoms with Gasteiger partial charge in [0.05, 0.1) is 29.0 Å². The van der Waals surface area contributed by atoms with Gasteiger partial charge in [0.15, 0.2) is 5.82 Å². The highest BCUT2D eigenvalue weighted by Gasteiger charge is 2.47. The number of methoxy groups -OCH3 is 1. The molecule has 0 spiro atoms. The standard InChI is InChI=1S/C26H28ClF3N6O2.C13H10BrClF3N3O/c1-37-24-6-18(11-31-33-24)35-13-16-2-3-17(14-35)20(16)8-23-32-25(38-19-4-5-22(28)21(27)7-19)36(34-23)12-15-9-26(29,30)10-15;14-11-19-12(22-8-1-2-10(16)9(15)3-8)21(20-11)6-7-4-13(17,18)5-7/h4-7,11,15-17,20H,2-3,8-10,12-14H2,1H3;1-3,7H,4-6H2/t16-,17+,20?;. The number of rotatable bonds is 12. The van der Waals surface area contributed by atoms with Crippen LogP contribution in [0, 0.1) is 41.2 Å². The summed E-state index contributed by atoms with van der Waals surface area (Å²) in [4.78, 5) is 11.0. The number of piperidine rings is 1. The van der Waals surface area contributed by atoms with Gasteiger partial charge in [-0.25, -0.2) is 35.7 Å². The third kappa shape index (κ3) is 9.88. The van der Waals surface area contributed by atoms with E-state index in [4.69, 9.17) is 37.4 Å². The van der Waals surface area contributed by atoms with Crippen LogP contribution in [0.3, 0.4) is 0 Å². The van der Waals surface area contributed by atoms with Gasteiger partial charge in [-0.05, 0) is 82.6 Å². The minimum absolute atomic E-state index is 0.0715. The first kappa shape index (κ1) is 42.3. The molecule has 4 aliphatic rings. The van der Waals surface area contributed by atoms with Crippen molar-refractivity contribution in [3.8, 4) is 29.4 Å². The van der Waals surface area contributed by atoms with Gasteiger partial charge in [0, 0.05) is 76.5 Å². The smallest absolute Gasteiger partial charge is 0.321 e. The first-order valence-electron chi connectivity index (χ1n) is 19.3. The summed E-state index contributed by atoms with van der Waals surface area (Å²) in [5, 5.41) is 16.6. The molecule has 5 aromatic rings.